The monoisotopic (exact) mass is 325 g/mol. The first-order valence-electron chi connectivity index (χ1n) is 7.83. The highest BCUT2D eigenvalue weighted by Gasteiger charge is 2.37. The first-order chi connectivity index (χ1) is 11.6. The van der Waals surface area contributed by atoms with E-state index in [0.29, 0.717) is 12.1 Å². The second kappa shape index (κ2) is 6.80. The number of ketones is 1. The quantitative estimate of drug-likeness (QED) is 0.847. The summed E-state index contributed by atoms with van der Waals surface area (Å²) in [4.78, 5) is 34.0. The molecule has 2 N–H and O–H groups in total. The Hall–Kier alpha value is -2.73. The molecule has 2 atom stereocenters. The van der Waals surface area contributed by atoms with Crippen LogP contribution >= 0.6 is 0 Å². The van der Waals surface area contributed by atoms with Gasteiger partial charge in [-0.1, -0.05) is 30.3 Å². The lowest BCUT2D eigenvalue weighted by Gasteiger charge is -2.34. The van der Waals surface area contributed by atoms with Gasteiger partial charge in [0.15, 0.2) is 5.78 Å². The van der Waals surface area contributed by atoms with Crippen LogP contribution in [0.1, 0.15) is 23.0 Å². The first-order valence-corrected chi connectivity index (χ1v) is 7.83. The summed E-state index contributed by atoms with van der Waals surface area (Å²) in [5.41, 5.74) is 7.30. The van der Waals surface area contributed by atoms with Gasteiger partial charge in [0.2, 0.25) is 5.91 Å². The van der Waals surface area contributed by atoms with Crippen LogP contribution in [0.25, 0.3) is 0 Å². The maximum Gasteiger partial charge on any atom is 0.230 e. The van der Waals surface area contributed by atoms with E-state index in [1.54, 1.807) is 17.2 Å². The van der Waals surface area contributed by atoms with Crippen molar-refractivity contribution in [3.8, 4) is 0 Å². The number of hydrogen-bond acceptors (Lipinski definition) is 5. The molecule has 2 aromatic rings. The summed E-state index contributed by atoms with van der Waals surface area (Å²) in [6.45, 7) is 2.05. The Labute approximate surface area is 140 Å². The third kappa shape index (κ3) is 3.28. The number of pyridine rings is 1. The van der Waals surface area contributed by atoms with Gasteiger partial charge in [0.25, 0.3) is 0 Å². The molecule has 1 aliphatic heterocycles. The average molecular weight is 325 g/mol. The van der Waals surface area contributed by atoms with Gasteiger partial charge in [0, 0.05) is 12.6 Å². The average Bonchev–Trinajstić information content (AvgIpc) is 2.58. The summed E-state index contributed by atoms with van der Waals surface area (Å²) in [7, 11) is 0. The number of carbonyl (C=O) groups is 2. The fourth-order valence-electron chi connectivity index (χ4n) is 2.82. The van der Waals surface area contributed by atoms with E-state index in [4.69, 9.17) is 10.6 Å². The van der Waals surface area contributed by atoms with Gasteiger partial charge in [-0.25, -0.2) is 0 Å². The van der Waals surface area contributed by atoms with Crippen LogP contribution in [0.5, 0.6) is 0 Å². The Balaban J connectivity index is 1.80. The van der Waals surface area contributed by atoms with Gasteiger partial charge in [-0.05, 0) is 24.6 Å². The van der Waals surface area contributed by atoms with E-state index in [1.807, 2.05) is 37.3 Å². The molecule has 0 bridgehead atoms. The Morgan fingerprint density at radius 3 is 2.79 bits per heavy atom. The molecule has 0 spiro atoms. The smallest absolute Gasteiger partial charge is 0.230 e. The van der Waals surface area contributed by atoms with Crippen LogP contribution in [-0.2, 0) is 16.1 Å². The largest absolute Gasteiger partial charge is 0.369 e. The molecule has 0 radical (unpaired) electrons. The number of benzene rings is 1. The molecular weight excluding hydrogens is 306 g/mol. The topological polar surface area (TPSA) is 85.5 Å². The lowest BCUT2D eigenvalue weighted by molar-refractivity contribution is -0.120. The number of anilines is 1. The predicted octanol–water partition coefficient (Wildman–Crippen LogP) is 1.75. The molecule has 1 amide bonds. The molecule has 0 saturated heterocycles. The van der Waals surface area contributed by atoms with Gasteiger partial charge in [0.05, 0.1) is 18.3 Å². The second-order valence-corrected chi connectivity index (χ2v) is 5.86. The highest BCUT2D eigenvalue weighted by molar-refractivity contribution is 6.13. The number of fused-ring (bicyclic) bond motifs is 1. The zero-order valence-electron chi connectivity index (χ0n) is 13.4. The van der Waals surface area contributed by atoms with E-state index >= 15 is 0 Å². The summed E-state index contributed by atoms with van der Waals surface area (Å²) in [5.74, 6) is -1.97. The summed E-state index contributed by atoms with van der Waals surface area (Å²) in [6, 6.07) is 13.5. The van der Waals surface area contributed by atoms with Crippen molar-refractivity contribution in [3.63, 3.8) is 0 Å². The third-order valence-corrected chi connectivity index (χ3v) is 3.97. The van der Waals surface area contributed by atoms with Crippen LogP contribution in [0.3, 0.4) is 0 Å². The van der Waals surface area contributed by atoms with Crippen molar-refractivity contribution < 1.29 is 14.4 Å². The number of amides is 1. The molecule has 24 heavy (non-hydrogen) atoms. The molecule has 3 rings (SSSR count). The maximum atomic E-state index is 12.3. The van der Waals surface area contributed by atoms with E-state index in [9.17, 15) is 9.59 Å². The molecule has 2 heterocycles. The molecule has 1 aliphatic rings. The van der Waals surface area contributed by atoms with E-state index in [-0.39, 0.29) is 24.1 Å². The molecular formula is C18H19N3O3. The number of aromatic nitrogens is 1. The lowest BCUT2D eigenvalue weighted by Crippen LogP contribution is -2.46. The van der Waals surface area contributed by atoms with Crippen molar-refractivity contribution in [2.75, 3.05) is 11.6 Å². The Kier molecular flexibility index (Phi) is 4.57. The molecule has 6 heteroatoms. The summed E-state index contributed by atoms with van der Waals surface area (Å²) < 4.78 is 0. The lowest BCUT2D eigenvalue weighted by atomic mass is 9.95. The third-order valence-electron chi connectivity index (χ3n) is 3.97. The SMILES string of the molecule is CC(Cc1ccccc1)ON1CC(C(N)=O)C(=O)c2ncccc21. The van der Waals surface area contributed by atoms with Gasteiger partial charge >= 0.3 is 0 Å². The number of Topliss-reactive ketones (excluding diaryl/α,β-unsaturated/α-hetero) is 1. The maximum absolute atomic E-state index is 12.3. The van der Waals surface area contributed by atoms with Crippen LogP contribution in [0.15, 0.2) is 48.7 Å². The predicted molar refractivity (Wildman–Crippen MR) is 89.3 cm³/mol. The Morgan fingerprint density at radius 2 is 2.08 bits per heavy atom. The van der Waals surface area contributed by atoms with Crippen molar-refractivity contribution >= 4 is 17.4 Å². The highest BCUT2D eigenvalue weighted by Crippen LogP contribution is 2.29. The van der Waals surface area contributed by atoms with Crippen molar-refractivity contribution in [1.29, 1.82) is 0 Å². The van der Waals surface area contributed by atoms with Gasteiger partial charge in [-0.15, -0.1) is 0 Å². The van der Waals surface area contributed by atoms with Crippen LogP contribution in [0.4, 0.5) is 5.69 Å². The number of primary amides is 1. The summed E-state index contributed by atoms with van der Waals surface area (Å²) in [5, 5.41) is 1.56. The zero-order chi connectivity index (χ0) is 17.1. The minimum absolute atomic E-state index is 0.103. The number of carbonyl (C=O) groups excluding carboxylic acids is 2. The highest BCUT2D eigenvalue weighted by atomic mass is 16.7. The van der Waals surface area contributed by atoms with E-state index in [0.717, 1.165) is 5.56 Å². The van der Waals surface area contributed by atoms with Crippen molar-refractivity contribution in [2.24, 2.45) is 11.7 Å². The summed E-state index contributed by atoms with van der Waals surface area (Å²) in [6.07, 6.45) is 2.09. The van der Waals surface area contributed by atoms with Gasteiger partial charge in [-0.3, -0.25) is 24.5 Å². The van der Waals surface area contributed by atoms with Crippen LogP contribution in [0, 0.1) is 5.92 Å². The van der Waals surface area contributed by atoms with E-state index in [1.165, 1.54) is 6.20 Å². The van der Waals surface area contributed by atoms with Crippen molar-refractivity contribution in [3.05, 3.63) is 59.9 Å². The molecule has 6 nitrogen and oxygen atoms in total. The Morgan fingerprint density at radius 1 is 1.33 bits per heavy atom. The molecule has 2 unspecified atom stereocenters. The molecule has 1 aromatic carbocycles. The van der Waals surface area contributed by atoms with Crippen molar-refractivity contribution in [1.82, 2.24) is 4.98 Å². The van der Waals surface area contributed by atoms with Crippen LogP contribution in [0.2, 0.25) is 0 Å². The molecule has 1 aromatic heterocycles. The first kappa shape index (κ1) is 16.1. The minimum atomic E-state index is -0.948. The summed E-state index contributed by atoms with van der Waals surface area (Å²) >= 11 is 0. The number of rotatable bonds is 5. The Bertz CT molecular complexity index is 748. The molecule has 0 aliphatic carbocycles. The van der Waals surface area contributed by atoms with E-state index < -0.39 is 11.8 Å². The minimum Gasteiger partial charge on any atom is -0.369 e. The number of hydrogen-bond donors (Lipinski definition) is 1. The van der Waals surface area contributed by atoms with Gasteiger partial charge < -0.3 is 5.73 Å². The molecule has 0 fully saturated rings. The van der Waals surface area contributed by atoms with Crippen molar-refractivity contribution in [2.45, 2.75) is 19.4 Å². The number of nitrogens with zero attached hydrogens (tertiary/aromatic N) is 2. The van der Waals surface area contributed by atoms with Gasteiger partial charge in [-0.2, -0.15) is 0 Å². The second-order valence-electron chi connectivity index (χ2n) is 5.86. The molecule has 124 valence electrons. The van der Waals surface area contributed by atoms with Gasteiger partial charge in [0.1, 0.15) is 11.6 Å². The number of nitrogens with two attached hydrogens (primary N) is 1. The molecule has 0 saturated carbocycles. The van der Waals surface area contributed by atoms with Crippen LogP contribution < -0.4 is 10.8 Å². The normalized spacial score (nSPS) is 18.1. The van der Waals surface area contributed by atoms with Crippen LogP contribution in [-0.4, -0.2) is 29.3 Å². The van der Waals surface area contributed by atoms with E-state index in [2.05, 4.69) is 4.98 Å². The fraction of sp³-hybridized carbons (Fsp3) is 0.278. The standard InChI is InChI=1S/C18H19N3O3/c1-12(10-13-6-3-2-4-7-13)24-21-11-14(18(19)23)17(22)16-15(21)8-5-9-20-16/h2-9,12,14H,10-11H2,1H3,(H2,19,23). The number of hydroxylamine groups is 1. The fourth-order valence-corrected chi connectivity index (χ4v) is 2.82. The zero-order valence-corrected chi connectivity index (χ0v) is 13.4.